The van der Waals surface area contributed by atoms with Gasteiger partial charge in [0.15, 0.2) is 0 Å². The fourth-order valence-corrected chi connectivity index (χ4v) is 3.40. The zero-order valence-corrected chi connectivity index (χ0v) is 11.9. The molecule has 0 spiro atoms. The Bertz CT molecular complexity index is 1000. The van der Waals surface area contributed by atoms with Crippen LogP contribution in [0.1, 0.15) is 11.1 Å². The van der Waals surface area contributed by atoms with Crippen molar-refractivity contribution in [2.45, 2.75) is 12.8 Å². The highest BCUT2D eigenvalue weighted by molar-refractivity contribution is 6.24. The number of rotatable bonds is 2. The standard InChI is InChI=1S/C20H12N2/c21-11-9-13-1-3-15-5-8-18-14(10-12-22)2-4-16-6-7-17(13)19(15)20(16)18/h1-8H,9-10H2. The van der Waals surface area contributed by atoms with E-state index in [-0.39, 0.29) is 0 Å². The first-order chi connectivity index (χ1) is 10.8. The van der Waals surface area contributed by atoms with Gasteiger partial charge in [-0.25, -0.2) is 0 Å². The molecule has 2 nitrogen and oxygen atoms in total. The zero-order valence-electron chi connectivity index (χ0n) is 11.9. The lowest BCUT2D eigenvalue weighted by molar-refractivity contribution is 1.29. The molecule has 0 amide bonds. The van der Waals surface area contributed by atoms with E-state index in [1.807, 2.05) is 12.1 Å². The van der Waals surface area contributed by atoms with Crippen LogP contribution in [0.15, 0.2) is 48.5 Å². The molecule has 0 heterocycles. The van der Waals surface area contributed by atoms with Crippen LogP contribution in [0.3, 0.4) is 0 Å². The third-order valence-corrected chi connectivity index (χ3v) is 4.38. The smallest absolute Gasteiger partial charge is 0.0669 e. The summed E-state index contributed by atoms with van der Waals surface area (Å²) in [6.07, 6.45) is 0.832. The summed E-state index contributed by atoms with van der Waals surface area (Å²) in [6, 6.07) is 21.2. The van der Waals surface area contributed by atoms with Crippen LogP contribution in [0.2, 0.25) is 0 Å². The molecule has 0 saturated carbocycles. The van der Waals surface area contributed by atoms with E-state index in [1.165, 1.54) is 21.5 Å². The molecular weight excluding hydrogens is 268 g/mol. The lowest BCUT2D eigenvalue weighted by atomic mass is 9.89. The van der Waals surface area contributed by atoms with Crippen molar-refractivity contribution in [1.29, 1.82) is 10.5 Å². The molecule has 0 saturated heterocycles. The Balaban J connectivity index is 2.23. The Morgan fingerprint density at radius 3 is 1.41 bits per heavy atom. The Kier molecular flexibility index (Phi) is 2.71. The molecule has 0 unspecified atom stereocenters. The van der Waals surface area contributed by atoms with Gasteiger partial charge in [-0.3, -0.25) is 0 Å². The predicted molar refractivity (Wildman–Crippen MR) is 88.8 cm³/mol. The summed E-state index contributed by atoms with van der Waals surface area (Å²) in [7, 11) is 0. The topological polar surface area (TPSA) is 47.6 Å². The van der Waals surface area contributed by atoms with Crippen molar-refractivity contribution in [3.8, 4) is 12.1 Å². The molecule has 0 aliphatic heterocycles. The molecule has 0 atom stereocenters. The first kappa shape index (κ1) is 12.6. The van der Waals surface area contributed by atoms with Gasteiger partial charge in [-0.05, 0) is 43.4 Å². The van der Waals surface area contributed by atoms with Crippen LogP contribution in [0.4, 0.5) is 0 Å². The van der Waals surface area contributed by atoms with Gasteiger partial charge in [-0.15, -0.1) is 0 Å². The molecule has 0 bridgehead atoms. The van der Waals surface area contributed by atoms with Crippen molar-refractivity contribution in [1.82, 2.24) is 0 Å². The summed E-state index contributed by atoms with van der Waals surface area (Å²) in [6.45, 7) is 0. The van der Waals surface area contributed by atoms with Crippen molar-refractivity contribution in [2.75, 3.05) is 0 Å². The van der Waals surface area contributed by atoms with Crippen LogP contribution < -0.4 is 0 Å². The molecule has 0 fully saturated rings. The van der Waals surface area contributed by atoms with Gasteiger partial charge in [0.05, 0.1) is 25.0 Å². The molecule has 0 aromatic heterocycles. The average Bonchev–Trinajstić information content (AvgIpc) is 2.55. The van der Waals surface area contributed by atoms with E-state index >= 15 is 0 Å². The fraction of sp³-hybridized carbons (Fsp3) is 0.100. The second-order valence-electron chi connectivity index (χ2n) is 5.54. The van der Waals surface area contributed by atoms with Gasteiger partial charge in [0.1, 0.15) is 0 Å². The van der Waals surface area contributed by atoms with Crippen LogP contribution in [-0.2, 0) is 12.8 Å². The summed E-state index contributed by atoms with van der Waals surface area (Å²) in [5, 5.41) is 25.2. The maximum Gasteiger partial charge on any atom is 0.0669 e. The van der Waals surface area contributed by atoms with E-state index in [9.17, 15) is 0 Å². The maximum absolute atomic E-state index is 9.04. The highest BCUT2D eigenvalue weighted by atomic mass is 14.2. The summed E-state index contributed by atoms with van der Waals surface area (Å²) < 4.78 is 0. The Morgan fingerprint density at radius 1 is 0.591 bits per heavy atom. The highest BCUT2D eigenvalue weighted by Gasteiger charge is 2.12. The lowest BCUT2D eigenvalue weighted by Gasteiger charge is -2.14. The summed E-state index contributed by atoms with van der Waals surface area (Å²) in [5.41, 5.74) is 2.13. The van der Waals surface area contributed by atoms with E-state index in [1.54, 1.807) is 0 Å². The Morgan fingerprint density at radius 2 is 1.00 bits per heavy atom. The van der Waals surface area contributed by atoms with Gasteiger partial charge in [0.25, 0.3) is 0 Å². The molecule has 4 aromatic carbocycles. The minimum Gasteiger partial charge on any atom is -0.198 e. The second-order valence-corrected chi connectivity index (χ2v) is 5.54. The quantitative estimate of drug-likeness (QED) is 0.499. The van der Waals surface area contributed by atoms with Crippen LogP contribution in [0.25, 0.3) is 32.3 Å². The molecule has 102 valence electrons. The molecule has 4 aromatic rings. The lowest BCUT2D eigenvalue weighted by Crippen LogP contribution is -1.92. The molecule has 0 aliphatic rings. The molecule has 2 heteroatoms. The van der Waals surface area contributed by atoms with Crippen LogP contribution in [-0.4, -0.2) is 0 Å². The van der Waals surface area contributed by atoms with Gasteiger partial charge < -0.3 is 0 Å². The average molecular weight is 280 g/mol. The largest absolute Gasteiger partial charge is 0.198 e. The first-order valence-corrected chi connectivity index (χ1v) is 7.25. The number of nitrogens with zero attached hydrogens (tertiary/aromatic N) is 2. The monoisotopic (exact) mass is 280 g/mol. The molecular formula is C20H12N2. The van der Waals surface area contributed by atoms with Crippen molar-refractivity contribution in [2.24, 2.45) is 0 Å². The minimum atomic E-state index is 0.416. The van der Waals surface area contributed by atoms with Gasteiger partial charge >= 0.3 is 0 Å². The van der Waals surface area contributed by atoms with Crippen LogP contribution in [0.5, 0.6) is 0 Å². The highest BCUT2D eigenvalue weighted by Crippen LogP contribution is 2.37. The number of hydrogen-bond acceptors (Lipinski definition) is 2. The van der Waals surface area contributed by atoms with Crippen molar-refractivity contribution >= 4 is 32.3 Å². The van der Waals surface area contributed by atoms with E-state index in [0.717, 1.165) is 21.9 Å². The van der Waals surface area contributed by atoms with Gasteiger partial charge in [-0.1, -0.05) is 48.5 Å². The number of hydrogen-bond donors (Lipinski definition) is 0. The molecule has 4 rings (SSSR count). The SMILES string of the molecule is N#CCc1ccc2ccc3c(CC#N)ccc4ccc1c2c43. The fourth-order valence-electron chi connectivity index (χ4n) is 3.40. The maximum atomic E-state index is 9.04. The summed E-state index contributed by atoms with van der Waals surface area (Å²) in [5.74, 6) is 0. The number of nitriles is 2. The van der Waals surface area contributed by atoms with Crippen LogP contribution in [0, 0.1) is 22.7 Å². The third kappa shape index (κ3) is 1.65. The normalized spacial score (nSPS) is 11.0. The summed E-state index contributed by atoms with van der Waals surface area (Å²) in [4.78, 5) is 0. The van der Waals surface area contributed by atoms with E-state index in [4.69, 9.17) is 10.5 Å². The zero-order chi connectivity index (χ0) is 15.1. The number of benzene rings is 4. The van der Waals surface area contributed by atoms with E-state index in [0.29, 0.717) is 12.8 Å². The Labute approximate surface area is 128 Å². The predicted octanol–water partition coefficient (Wildman–Crippen LogP) is 4.72. The molecule has 0 N–H and O–H groups in total. The van der Waals surface area contributed by atoms with Crippen molar-refractivity contribution in [3.63, 3.8) is 0 Å². The van der Waals surface area contributed by atoms with E-state index < -0.39 is 0 Å². The summed E-state index contributed by atoms with van der Waals surface area (Å²) >= 11 is 0. The van der Waals surface area contributed by atoms with Gasteiger partial charge in [0.2, 0.25) is 0 Å². The molecule has 0 aliphatic carbocycles. The van der Waals surface area contributed by atoms with Gasteiger partial charge in [0, 0.05) is 0 Å². The Hall–Kier alpha value is -3.10. The molecule has 22 heavy (non-hydrogen) atoms. The molecule has 0 radical (unpaired) electrons. The van der Waals surface area contributed by atoms with Crippen molar-refractivity contribution in [3.05, 3.63) is 59.7 Å². The van der Waals surface area contributed by atoms with E-state index in [2.05, 4.69) is 48.5 Å². The second kappa shape index (κ2) is 4.72. The van der Waals surface area contributed by atoms with Crippen molar-refractivity contribution < 1.29 is 0 Å². The first-order valence-electron chi connectivity index (χ1n) is 7.25. The third-order valence-electron chi connectivity index (χ3n) is 4.38. The minimum absolute atomic E-state index is 0.416. The van der Waals surface area contributed by atoms with Gasteiger partial charge in [-0.2, -0.15) is 10.5 Å². The van der Waals surface area contributed by atoms with Crippen LogP contribution >= 0.6 is 0 Å².